The number of carbonyl (C=O) groups excluding carboxylic acids is 1. The molecule has 1 aliphatic carbocycles. The molecule has 1 atom stereocenters. The molecule has 2 heterocycles. The Morgan fingerprint density at radius 2 is 1.77 bits per heavy atom. The number of nitrogens with zero attached hydrogens (tertiary/aromatic N) is 3. The molecule has 196 valence electrons. The van der Waals surface area contributed by atoms with Gasteiger partial charge in [0.15, 0.2) is 5.60 Å². The number of amides is 1. The van der Waals surface area contributed by atoms with E-state index in [4.69, 9.17) is 11.6 Å². The topological polar surface area (TPSA) is 89.2 Å². The number of rotatable bonds is 6. The zero-order valence-corrected chi connectivity index (χ0v) is 22.3. The van der Waals surface area contributed by atoms with Crippen molar-refractivity contribution in [3.8, 4) is 11.1 Å². The van der Waals surface area contributed by atoms with Crippen LogP contribution >= 0.6 is 11.6 Å². The van der Waals surface area contributed by atoms with Gasteiger partial charge in [-0.2, -0.15) is 0 Å². The number of fused-ring (bicyclic) bond motifs is 1. The van der Waals surface area contributed by atoms with Gasteiger partial charge in [-0.25, -0.2) is 4.98 Å². The molecule has 7 nitrogen and oxygen atoms in total. The van der Waals surface area contributed by atoms with Gasteiger partial charge in [0.2, 0.25) is 0 Å². The minimum absolute atomic E-state index is 0.120. The molecule has 0 aliphatic heterocycles. The van der Waals surface area contributed by atoms with Gasteiger partial charge < -0.3 is 19.6 Å². The second-order valence-corrected chi connectivity index (χ2v) is 10.6. The average Bonchev–Trinajstić information content (AvgIpc) is 3.65. The number of pyridine rings is 1. The van der Waals surface area contributed by atoms with E-state index < -0.39 is 5.60 Å². The minimum Gasteiger partial charge on any atom is -0.374 e. The first-order chi connectivity index (χ1) is 18.8. The Morgan fingerprint density at radius 1 is 1.03 bits per heavy atom. The van der Waals surface area contributed by atoms with Crippen molar-refractivity contribution in [1.82, 2.24) is 19.4 Å². The Bertz CT molecular complexity index is 1790. The summed E-state index contributed by atoms with van der Waals surface area (Å²) in [6.45, 7) is 0. The van der Waals surface area contributed by atoms with E-state index in [0.29, 0.717) is 27.4 Å². The number of nitrogens with one attached hydrogen (secondary N) is 1. The lowest BCUT2D eigenvalue weighted by Crippen LogP contribution is -2.31. The summed E-state index contributed by atoms with van der Waals surface area (Å²) in [5.74, 6) is -0.120. The summed E-state index contributed by atoms with van der Waals surface area (Å²) in [4.78, 5) is 29.7. The Labute approximate surface area is 230 Å². The molecule has 1 fully saturated rings. The van der Waals surface area contributed by atoms with E-state index in [9.17, 15) is 14.7 Å². The van der Waals surface area contributed by atoms with Gasteiger partial charge in [0.05, 0.1) is 23.7 Å². The van der Waals surface area contributed by atoms with Crippen LogP contribution in [0.25, 0.3) is 22.0 Å². The molecule has 1 saturated carbocycles. The van der Waals surface area contributed by atoms with Gasteiger partial charge in [-0.1, -0.05) is 41.9 Å². The van der Waals surface area contributed by atoms with Crippen LogP contribution in [0.2, 0.25) is 5.02 Å². The average molecular weight is 539 g/mol. The molecular formula is C31H27ClN4O3. The number of hydrogen-bond acceptors (Lipinski definition) is 4. The fraction of sp³-hybridized carbons (Fsp3) is 0.194. The molecule has 39 heavy (non-hydrogen) atoms. The van der Waals surface area contributed by atoms with Gasteiger partial charge in [-0.05, 0) is 71.5 Å². The zero-order valence-electron chi connectivity index (χ0n) is 21.6. The maximum Gasteiger partial charge on any atom is 0.251 e. The van der Waals surface area contributed by atoms with Gasteiger partial charge in [0.25, 0.3) is 11.5 Å². The van der Waals surface area contributed by atoms with Crippen molar-refractivity contribution in [1.29, 1.82) is 0 Å². The molecule has 5 aromatic rings. The number of hydrogen-bond donors (Lipinski definition) is 2. The number of carbonyl (C=O) groups is 1. The Hall–Kier alpha value is -4.20. The van der Waals surface area contributed by atoms with Crippen molar-refractivity contribution in [2.24, 2.45) is 14.1 Å². The van der Waals surface area contributed by atoms with E-state index in [-0.39, 0.29) is 17.5 Å². The maximum atomic E-state index is 12.8. The fourth-order valence-electron chi connectivity index (χ4n) is 5.11. The van der Waals surface area contributed by atoms with Crippen LogP contribution in [-0.4, -0.2) is 31.2 Å². The molecule has 2 N–H and O–H groups in total. The monoisotopic (exact) mass is 538 g/mol. The van der Waals surface area contributed by atoms with Crippen molar-refractivity contribution in [2.45, 2.75) is 24.5 Å². The summed E-state index contributed by atoms with van der Waals surface area (Å²) in [5.41, 5.74) is 2.78. The Morgan fingerprint density at radius 3 is 2.44 bits per heavy atom. The van der Waals surface area contributed by atoms with E-state index in [2.05, 4.69) is 10.3 Å². The van der Waals surface area contributed by atoms with Crippen molar-refractivity contribution in [3.63, 3.8) is 0 Å². The van der Waals surface area contributed by atoms with E-state index in [1.54, 1.807) is 65.1 Å². The number of benzene rings is 3. The highest BCUT2D eigenvalue weighted by Crippen LogP contribution is 2.39. The third-order valence-electron chi connectivity index (χ3n) is 7.46. The van der Waals surface area contributed by atoms with Crippen LogP contribution < -0.4 is 10.9 Å². The van der Waals surface area contributed by atoms with Crippen LogP contribution in [0.5, 0.6) is 0 Å². The zero-order chi connectivity index (χ0) is 27.3. The minimum atomic E-state index is -1.59. The summed E-state index contributed by atoms with van der Waals surface area (Å²) in [5, 5.41) is 16.9. The first-order valence-electron chi connectivity index (χ1n) is 12.8. The van der Waals surface area contributed by atoms with Gasteiger partial charge >= 0.3 is 0 Å². The van der Waals surface area contributed by atoms with Crippen LogP contribution in [0.3, 0.4) is 0 Å². The molecule has 8 heteroatoms. The van der Waals surface area contributed by atoms with Crippen LogP contribution in [0.4, 0.5) is 0 Å². The Kier molecular flexibility index (Phi) is 6.13. The lowest BCUT2D eigenvalue weighted by Gasteiger charge is -2.30. The highest BCUT2D eigenvalue weighted by molar-refractivity contribution is 6.30. The summed E-state index contributed by atoms with van der Waals surface area (Å²) >= 11 is 6.29. The number of aromatic nitrogens is 3. The van der Waals surface area contributed by atoms with Crippen LogP contribution in [0, 0.1) is 0 Å². The van der Waals surface area contributed by atoms with Crippen LogP contribution in [0.1, 0.15) is 40.0 Å². The molecule has 1 aliphatic rings. The van der Waals surface area contributed by atoms with E-state index in [1.807, 2.05) is 43.4 Å². The highest BCUT2D eigenvalue weighted by Gasteiger charge is 2.37. The van der Waals surface area contributed by atoms with Crippen LogP contribution in [-0.2, 0) is 19.7 Å². The molecular weight excluding hydrogens is 512 g/mol. The molecule has 1 amide bonds. The van der Waals surface area contributed by atoms with Crippen molar-refractivity contribution >= 4 is 28.4 Å². The van der Waals surface area contributed by atoms with Crippen LogP contribution in [0.15, 0.2) is 90.1 Å². The smallest absolute Gasteiger partial charge is 0.251 e. The summed E-state index contributed by atoms with van der Waals surface area (Å²) < 4.78 is 3.36. The van der Waals surface area contributed by atoms with Gasteiger partial charge in [-0.15, -0.1) is 0 Å². The van der Waals surface area contributed by atoms with E-state index in [0.717, 1.165) is 34.9 Å². The normalized spacial score (nSPS) is 14.8. The van der Waals surface area contributed by atoms with E-state index in [1.165, 1.54) is 0 Å². The Balaban J connectivity index is 1.55. The predicted molar refractivity (Wildman–Crippen MR) is 152 cm³/mol. The lowest BCUT2D eigenvalue weighted by molar-refractivity contribution is 0.0950. The summed E-state index contributed by atoms with van der Waals surface area (Å²) in [6.07, 6.45) is 5.29. The molecule has 0 spiro atoms. The standard InChI is InChI=1S/C31H27ClN4O3/c1-35-18-33-17-28(35)31(39,21-8-6-19(7-9-21)30(38)34-24-11-12-24)22-10-13-27-26(15-22)25(16-29(37)36(27)2)20-4-3-5-23(32)14-20/h3-10,13-18,24,39H,11-12H2,1-2H3,(H,34,38). The quantitative estimate of drug-likeness (QED) is 0.326. The number of aliphatic hydroxyl groups is 1. The van der Waals surface area contributed by atoms with Crippen molar-refractivity contribution in [3.05, 3.63) is 123 Å². The third-order valence-corrected chi connectivity index (χ3v) is 7.70. The van der Waals surface area contributed by atoms with Gasteiger partial charge in [0.1, 0.15) is 0 Å². The largest absolute Gasteiger partial charge is 0.374 e. The second-order valence-electron chi connectivity index (χ2n) is 10.1. The number of halogens is 1. The third kappa shape index (κ3) is 4.43. The number of aryl methyl sites for hydroxylation is 2. The molecule has 0 bridgehead atoms. The lowest BCUT2D eigenvalue weighted by atomic mass is 9.82. The molecule has 0 radical (unpaired) electrons. The van der Waals surface area contributed by atoms with Gasteiger partial charge in [-0.3, -0.25) is 9.59 Å². The molecule has 3 aromatic carbocycles. The SMILES string of the molecule is Cn1cncc1C(O)(c1ccc(C(=O)NC2CC2)cc1)c1ccc2c(c1)c(-c1cccc(Cl)c1)cc(=O)n2C. The summed E-state index contributed by atoms with van der Waals surface area (Å²) in [6, 6.07) is 21.8. The summed E-state index contributed by atoms with van der Waals surface area (Å²) in [7, 11) is 3.55. The number of imidazole rings is 1. The van der Waals surface area contributed by atoms with E-state index >= 15 is 0 Å². The highest BCUT2D eigenvalue weighted by atomic mass is 35.5. The predicted octanol–water partition coefficient (Wildman–Crippen LogP) is 4.77. The molecule has 2 aromatic heterocycles. The maximum absolute atomic E-state index is 12.8. The second kappa shape index (κ2) is 9.52. The van der Waals surface area contributed by atoms with Gasteiger partial charge in [0, 0.05) is 42.2 Å². The molecule has 6 rings (SSSR count). The van der Waals surface area contributed by atoms with Crippen molar-refractivity contribution in [2.75, 3.05) is 0 Å². The first kappa shape index (κ1) is 25.1. The molecule has 0 saturated heterocycles. The van der Waals surface area contributed by atoms with Crippen molar-refractivity contribution < 1.29 is 9.90 Å². The fourth-order valence-corrected chi connectivity index (χ4v) is 5.30. The first-order valence-corrected chi connectivity index (χ1v) is 13.1. The molecule has 1 unspecified atom stereocenters.